The lowest BCUT2D eigenvalue weighted by atomic mass is 10.1. The van der Waals surface area contributed by atoms with Gasteiger partial charge in [-0.25, -0.2) is 9.78 Å². The second-order valence-electron chi connectivity index (χ2n) is 9.09. The number of hydrogen-bond acceptors (Lipinski definition) is 9. The highest BCUT2D eigenvalue weighted by Gasteiger charge is 2.17. The average molecular weight is 671 g/mol. The van der Waals surface area contributed by atoms with E-state index in [1.54, 1.807) is 42.5 Å². The molecule has 43 heavy (non-hydrogen) atoms. The van der Waals surface area contributed by atoms with E-state index in [2.05, 4.69) is 9.72 Å². The molecule has 13 heteroatoms. The van der Waals surface area contributed by atoms with Crippen molar-refractivity contribution < 1.29 is 37.7 Å². The lowest BCUT2D eigenvalue weighted by Crippen LogP contribution is -2.10. The standard InChI is InChI=1S/C30H27Cl4NO8/c1-38-26(36)7-4-17-12-20(31)27(21(32)13-17)41-9-3-8-40-10-11-42-28-22(33)14-19(15-23(28)34)29-35-24-6-5-18(30(37)39-2)16-25(24)43-29/h5-6,12-16H,3-4,7-11H2,1-2H3. The maximum atomic E-state index is 11.8. The summed E-state index contributed by atoms with van der Waals surface area (Å²) in [5.74, 6) is 0.191. The van der Waals surface area contributed by atoms with Crippen LogP contribution >= 0.6 is 46.4 Å². The number of nitrogens with zero attached hydrogens (tertiary/aromatic N) is 1. The van der Waals surface area contributed by atoms with Crippen LogP contribution in [-0.4, -0.2) is 57.6 Å². The molecule has 3 aromatic carbocycles. The molecular formula is C30H27Cl4NO8. The first-order valence-corrected chi connectivity index (χ1v) is 14.6. The molecule has 0 spiro atoms. The van der Waals surface area contributed by atoms with Gasteiger partial charge in [0.05, 0.1) is 53.1 Å². The highest BCUT2D eigenvalue weighted by Crippen LogP contribution is 2.38. The fraction of sp³-hybridized carbons (Fsp3) is 0.300. The molecule has 0 aliphatic carbocycles. The van der Waals surface area contributed by atoms with E-state index in [0.29, 0.717) is 76.4 Å². The number of carbonyl (C=O) groups is 2. The Hall–Kier alpha value is -3.21. The Morgan fingerprint density at radius 2 is 1.44 bits per heavy atom. The Labute approximate surface area is 267 Å². The van der Waals surface area contributed by atoms with Gasteiger partial charge in [-0.2, -0.15) is 0 Å². The van der Waals surface area contributed by atoms with Crippen molar-refractivity contribution in [3.05, 3.63) is 73.7 Å². The normalized spacial score (nSPS) is 11.0. The number of fused-ring (bicyclic) bond motifs is 1. The third-order valence-electron chi connectivity index (χ3n) is 6.11. The van der Waals surface area contributed by atoms with Gasteiger partial charge < -0.3 is 28.1 Å². The predicted octanol–water partition coefficient (Wildman–Crippen LogP) is 7.87. The zero-order valence-corrected chi connectivity index (χ0v) is 26.2. The molecule has 1 heterocycles. The van der Waals surface area contributed by atoms with Crippen molar-refractivity contribution in [1.82, 2.24) is 4.98 Å². The van der Waals surface area contributed by atoms with Gasteiger partial charge in [0, 0.05) is 25.0 Å². The van der Waals surface area contributed by atoms with Crippen LogP contribution in [0, 0.1) is 0 Å². The second kappa shape index (κ2) is 15.5. The number of hydrogen-bond donors (Lipinski definition) is 0. The third kappa shape index (κ3) is 8.68. The summed E-state index contributed by atoms with van der Waals surface area (Å²) in [7, 11) is 2.65. The number of benzene rings is 3. The first-order chi connectivity index (χ1) is 20.7. The molecular weight excluding hydrogens is 644 g/mol. The van der Waals surface area contributed by atoms with Crippen LogP contribution in [0.1, 0.15) is 28.8 Å². The van der Waals surface area contributed by atoms with Crippen LogP contribution < -0.4 is 9.47 Å². The van der Waals surface area contributed by atoms with E-state index in [9.17, 15) is 9.59 Å². The van der Waals surface area contributed by atoms with Crippen molar-refractivity contribution in [2.75, 3.05) is 40.6 Å². The van der Waals surface area contributed by atoms with Crippen molar-refractivity contribution >= 4 is 69.4 Å². The molecule has 0 aliphatic rings. The van der Waals surface area contributed by atoms with Crippen LogP contribution in [-0.2, 0) is 25.4 Å². The van der Waals surface area contributed by atoms with Gasteiger partial charge in [0.2, 0.25) is 5.89 Å². The van der Waals surface area contributed by atoms with Gasteiger partial charge in [-0.3, -0.25) is 4.79 Å². The molecule has 0 N–H and O–H groups in total. The smallest absolute Gasteiger partial charge is 0.337 e. The number of esters is 2. The van der Waals surface area contributed by atoms with E-state index in [1.807, 2.05) is 0 Å². The summed E-state index contributed by atoms with van der Waals surface area (Å²) in [6, 6.07) is 11.5. The summed E-state index contributed by atoms with van der Waals surface area (Å²) in [6.07, 6.45) is 1.27. The Morgan fingerprint density at radius 1 is 0.791 bits per heavy atom. The fourth-order valence-corrected chi connectivity index (χ4v) is 5.23. The maximum absolute atomic E-state index is 11.8. The van der Waals surface area contributed by atoms with Gasteiger partial charge in [0.15, 0.2) is 17.1 Å². The van der Waals surface area contributed by atoms with Crippen LogP contribution in [0.5, 0.6) is 11.5 Å². The van der Waals surface area contributed by atoms with Crippen molar-refractivity contribution in [2.45, 2.75) is 19.3 Å². The molecule has 0 amide bonds. The summed E-state index contributed by atoms with van der Waals surface area (Å²) in [6.45, 7) is 1.24. The molecule has 4 rings (SSSR count). The quantitative estimate of drug-likeness (QED) is 0.0978. The van der Waals surface area contributed by atoms with Crippen molar-refractivity contribution in [2.24, 2.45) is 0 Å². The highest BCUT2D eigenvalue weighted by molar-refractivity contribution is 6.38. The lowest BCUT2D eigenvalue weighted by Gasteiger charge is -2.13. The SMILES string of the molecule is COC(=O)CCc1cc(Cl)c(OCCCOCCOc2c(Cl)cc(-c3nc4ccc(C(=O)OC)cc4o3)cc2Cl)c(Cl)c1. The van der Waals surface area contributed by atoms with E-state index < -0.39 is 5.97 Å². The maximum Gasteiger partial charge on any atom is 0.337 e. The van der Waals surface area contributed by atoms with Crippen molar-refractivity contribution in [1.29, 1.82) is 0 Å². The second-order valence-corrected chi connectivity index (χ2v) is 10.7. The number of halogens is 4. The molecule has 0 aliphatic heterocycles. The fourth-order valence-electron chi connectivity index (χ4n) is 4.00. The van der Waals surface area contributed by atoms with Crippen molar-refractivity contribution in [3.63, 3.8) is 0 Å². The van der Waals surface area contributed by atoms with Crippen LogP contribution in [0.25, 0.3) is 22.6 Å². The van der Waals surface area contributed by atoms with Gasteiger partial charge in [-0.15, -0.1) is 0 Å². The molecule has 228 valence electrons. The van der Waals surface area contributed by atoms with Gasteiger partial charge >= 0.3 is 11.9 Å². The molecule has 0 unspecified atom stereocenters. The zero-order chi connectivity index (χ0) is 30.9. The molecule has 0 saturated heterocycles. The Balaban J connectivity index is 1.21. The van der Waals surface area contributed by atoms with Crippen LogP contribution in [0.4, 0.5) is 0 Å². The van der Waals surface area contributed by atoms with Crippen LogP contribution in [0.15, 0.2) is 46.9 Å². The van der Waals surface area contributed by atoms with E-state index in [4.69, 9.17) is 69.8 Å². The van der Waals surface area contributed by atoms with Gasteiger partial charge in [0.1, 0.15) is 12.1 Å². The minimum Gasteiger partial charge on any atom is -0.490 e. The number of methoxy groups -OCH3 is 2. The molecule has 0 atom stereocenters. The molecule has 0 radical (unpaired) electrons. The third-order valence-corrected chi connectivity index (χ3v) is 7.23. The molecule has 1 aromatic heterocycles. The minimum atomic E-state index is -0.476. The summed E-state index contributed by atoms with van der Waals surface area (Å²) in [5, 5.41) is 1.28. The molecule has 9 nitrogen and oxygen atoms in total. The van der Waals surface area contributed by atoms with E-state index >= 15 is 0 Å². The summed E-state index contributed by atoms with van der Waals surface area (Å²) in [4.78, 5) is 27.6. The first kappa shape index (κ1) is 32.7. The number of carbonyl (C=O) groups excluding carboxylic acids is 2. The Bertz CT molecular complexity index is 1560. The number of ether oxygens (including phenoxy) is 5. The zero-order valence-electron chi connectivity index (χ0n) is 23.2. The predicted molar refractivity (Wildman–Crippen MR) is 164 cm³/mol. The Kier molecular flexibility index (Phi) is 11.8. The Morgan fingerprint density at radius 3 is 2.09 bits per heavy atom. The average Bonchev–Trinajstić information content (AvgIpc) is 3.42. The van der Waals surface area contributed by atoms with Gasteiger partial charge in [-0.05, 0) is 54.4 Å². The number of oxazole rings is 1. The summed E-state index contributed by atoms with van der Waals surface area (Å²) < 4.78 is 32.3. The largest absolute Gasteiger partial charge is 0.490 e. The van der Waals surface area contributed by atoms with E-state index in [0.717, 1.165) is 5.56 Å². The molecule has 0 bridgehead atoms. The summed E-state index contributed by atoms with van der Waals surface area (Å²) >= 11 is 25.5. The minimum absolute atomic E-state index is 0.212. The van der Waals surface area contributed by atoms with Crippen molar-refractivity contribution in [3.8, 4) is 23.0 Å². The number of aromatic nitrogens is 1. The molecule has 0 saturated carbocycles. The summed E-state index contributed by atoms with van der Waals surface area (Å²) in [5.41, 5.74) is 2.69. The number of aryl methyl sites for hydroxylation is 1. The molecule has 0 fully saturated rings. The number of rotatable bonds is 14. The first-order valence-electron chi connectivity index (χ1n) is 13.1. The highest BCUT2D eigenvalue weighted by atomic mass is 35.5. The van der Waals surface area contributed by atoms with Gasteiger partial charge in [-0.1, -0.05) is 46.4 Å². The van der Waals surface area contributed by atoms with Crippen LogP contribution in [0.2, 0.25) is 20.1 Å². The lowest BCUT2D eigenvalue weighted by molar-refractivity contribution is -0.140. The topological polar surface area (TPSA) is 106 Å². The van der Waals surface area contributed by atoms with Gasteiger partial charge in [0.25, 0.3) is 0 Å². The van der Waals surface area contributed by atoms with Crippen LogP contribution in [0.3, 0.4) is 0 Å². The van der Waals surface area contributed by atoms with E-state index in [-0.39, 0.29) is 34.9 Å². The van der Waals surface area contributed by atoms with E-state index in [1.165, 1.54) is 14.2 Å². The molecule has 4 aromatic rings. The monoisotopic (exact) mass is 669 g/mol.